The summed E-state index contributed by atoms with van der Waals surface area (Å²) in [7, 11) is 0. The molecule has 0 aliphatic heterocycles. The molecule has 0 bridgehead atoms. The van der Waals surface area contributed by atoms with E-state index in [0.29, 0.717) is 36.0 Å². The third-order valence-corrected chi connectivity index (χ3v) is 5.75. The Morgan fingerprint density at radius 2 is 1.90 bits per heavy atom. The maximum absolute atomic E-state index is 13.3. The zero-order valence-corrected chi connectivity index (χ0v) is 16.9. The van der Waals surface area contributed by atoms with Crippen LogP contribution in [0.4, 0.5) is 4.39 Å². The predicted octanol–water partition coefficient (Wildman–Crippen LogP) is 4.35. The van der Waals surface area contributed by atoms with Gasteiger partial charge in [-0.05, 0) is 47.7 Å². The van der Waals surface area contributed by atoms with Crippen molar-refractivity contribution >= 4 is 28.1 Å². The van der Waals surface area contributed by atoms with Gasteiger partial charge in [0.25, 0.3) is 5.56 Å². The van der Waals surface area contributed by atoms with E-state index in [1.807, 2.05) is 23.6 Å². The molecule has 0 saturated carbocycles. The number of thiophene rings is 1. The van der Waals surface area contributed by atoms with Crippen LogP contribution in [0.3, 0.4) is 0 Å². The zero-order chi connectivity index (χ0) is 20.9. The molecule has 0 spiro atoms. The lowest BCUT2D eigenvalue weighted by molar-refractivity contribution is -0.121. The summed E-state index contributed by atoms with van der Waals surface area (Å²) in [6.45, 7) is 0. The minimum absolute atomic E-state index is 0.110. The molecule has 5 nitrogen and oxygen atoms in total. The summed E-state index contributed by atoms with van der Waals surface area (Å²) in [4.78, 5) is 33.0. The van der Waals surface area contributed by atoms with Crippen molar-refractivity contribution in [1.29, 1.82) is 0 Å². The Balaban J connectivity index is 1.40. The summed E-state index contributed by atoms with van der Waals surface area (Å²) in [6.07, 6.45) is 1.33. The second kappa shape index (κ2) is 9.00. The van der Waals surface area contributed by atoms with Gasteiger partial charge in [-0.1, -0.05) is 30.3 Å². The van der Waals surface area contributed by atoms with Crippen LogP contribution < -0.4 is 10.9 Å². The average molecular weight is 421 g/mol. The van der Waals surface area contributed by atoms with Crippen LogP contribution in [-0.4, -0.2) is 15.9 Å². The first-order chi connectivity index (χ1) is 14.6. The lowest BCUT2D eigenvalue weighted by Gasteiger charge is -2.18. The maximum atomic E-state index is 13.3. The SMILES string of the molecule is O=C(CCCc1nc2ccccc2c(=O)[nH]1)N[C@@H](c1ccc(F)cc1)c1cccs1. The number of halogens is 1. The number of rotatable bonds is 7. The maximum Gasteiger partial charge on any atom is 0.258 e. The van der Waals surface area contributed by atoms with Gasteiger partial charge in [0.2, 0.25) is 5.91 Å². The van der Waals surface area contributed by atoms with E-state index in [-0.39, 0.29) is 23.3 Å². The molecule has 0 saturated heterocycles. The van der Waals surface area contributed by atoms with Crippen LogP contribution in [-0.2, 0) is 11.2 Å². The highest BCUT2D eigenvalue weighted by atomic mass is 32.1. The van der Waals surface area contributed by atoms with Crippen LogP contribution in [0.25, 0.3) is 10.9 Å². The highest BCUT2D eigenvalue weighted by molar-refractivity contribution is 7.10. The zero-order valence-electron chi connectivity index (χ0n) is 16.1. The number of carbonyl (C=O) groups excluding carboxylic acids is 1. The van der Waals surface area contributed by atoms with E-state index < -0.39 is 0 Å². The molecule has 0 aliphatic carbocycles. The molecule has 7 heteroatoms. The first-order valence-corrected chi connectivity index (χ1v) is 10.5. The largest absolute Gasteiger partial charge is 0.344 e. The fraction of sp³-hybridized carbons (Fsp3) is 0.174. The van der Waals surface area contributed by atoms with Crippen LogP contribution >= 0.6 is 11.3 Å². The highest BCUT2D eigenvalue weighted by Gasteiger charge is 2.18. The number of fused-ring (bicyclic) bond motifs is 1. The normalized spacial score (nSPS) is 12.0. The molecule has 4 aromatic rings. The number of H-pyrrole nitrogens is 1. The van der Waals surface area contributed by atoms with Gasteiger partial charge in [0.1, 0.15) is 11.6 Å². The molecule has 0 fully saturated rings. The van der Waals surface area contributed by atoms with Crippen LogP contribution in [0.15, 0.2) is 70.8 Å². The molecule has 0 aliphatic rings. The standard InChI is InChI=1S/C23H20FN3O2S/c24-16-12-10-15(11-13-16)22(19-7-4-14-30-19)27-21(28)9-3-8-20-25-18-6-2-1-5-17(18)23(29)26-20/h1-2,4-7,10-14,22H,3,8-9H2,(H,27,28)(H,25,26,29)/t22-/m0/s1. The fourth-order valence-corrected chi connectivity index (χ4v) is 4.13. The molecule has 4 rings (SSSR count). The van der Waals surface area contributed by atoms with Crippen molar-refractivity contribution in [3.05, 3.63) is 98.5 Å². The lowest BCUT2D eigenvalue weighted by Crippen LogP contribution is -2.28. The lowest BCUT2D eigenvalue weighted by atomic mass is 10.0. The van der Waals surface area contributed by atoms with Crippen LogP contribution in [0.5, 0.6) is 0 Å². The molecule has 2 aromatic heterocycles. The Hall–Kier alpha value is -3.32. The molecule has 2 aromatic carbocycles. The third kappa shape index (κ3) is 4.63. The van der Waals surface area contributed by atoms with E-state index in [4.69, 9.17) is 0 Å². The van der Waals surface area contributed by atoms with Gasteiger partial charge < -0.3 is 10.3 Å². The van der Waals surface area contributed by atoms with Gasteiger partial charge in [0.05, 0.1) is 16.9 Å². The second-order valence-corrected chi connectivity index (χ2v) is 7.93. The van der Waals surface area contributed by atoms with Crippen molar-refractivity contribution in [2.75, 3.05) is 0 Å². The van der Waals surface area contributed by atoms with Crippen LogP contribution in [0.2, 0.25) is 0 Å². The van der Waals surface area contributed by atoms with Gasteiger partial charge in [-0.3, -0.25) is 9.59 Å². The molecule has 30 heavy (non-hydrogen) atoms. The number of nitrogens with zero attached hydrogens (tertiary/aromatic N) is 1. The summed E-state index contributed by atoms with van der Waals surface area (Å²) >= 11 is 1.54. The van der Waals surface area contributed by atoms with Crippen LogP contribution in [0, 0.1) is 5.82 Å². The van der Waals surface area contributed by atoms with Gasteiger partial charge >= 0.3 is 0 Å². The third-order valence-electron chi connectivity index (χ3n) is 4.82. The molecule has 152 valence electrons. The number of carbonyl (C=O) groups is 1. The van der Waals surface area contributed by atoms with E-state index in [0.717, 1.165) is 10.4 Å². The Bertz CT molecular complexity index is 1200. The number of aryl methyl sites for hydroxylation is 1. The van der Waals surface area contributed by atoms with E-state index in [1.54, 1.807) is 30.3 Å². The van der Waals surface area contributed by atoms with Gasteiger partial charge in [-0.25, -0.2) is 9.37 Å². The van der Waals surface area contributed by atoms with E-state index in [1.165, 1.54) is 23.5 Å². The molecule has 1 atom stereocenters. The fourth-order valence-electron chi connectivity index (χ4n) is 3.33. The molecular weight excluding hydrogens is 401 g/mol. The Morgan fingerprint density at radius 3 is 2.67 bits per heavy atom. The molecule has 2 N–H and O–H groups in total. The minimum atomic E-state index is -0.322. The van der Waals surface area contributed by atoms with Gasteiger partial charge in [-0.2, -0.15) is 0 Å². The first-order valence-electron chi connectivity index (χ1n) is 9.66. The molecule has 0 radical (unpaired) electrons. The average Bonchev–Trinajstić information content (AvgIpc) is 3.27. The first kappa shape index (κ1) is 20.0. The topological polar surface area (TPSA) is 74.8 Å². The summed E-state index contributed by atoms with van der Waals surface area (Å²) in [5, 5.41) is 5.54. The number of aromatic amines is 1. The number of nitrogens with one attached hydrogen (secondary N) is 2. The van der Waals surface area contributed by atoms with E-state index >= 15 is 0 Å². The van der Waals surface area contributed by atoms with E-state index in [9.17, 15) is 14.0 Å². The quantitative estimate of drug-likeness (QED) is 0.466. The summed E-state index contributed by atoms with van der Waals surface area (Å²) in [6, 6.07) is 16.9. The number of aromatic nitrogens is 2. The van der Waals surface area contributed by atoms with Crippen molar-refractivity contribution in [2.24, 2.45) is 0 Å². The molecular formula is C23H20FN3O2S. The second-order valence-electron chi connectivity index (χ2n) is 6.95. The Labute approximate surface area is 176 Å². The Morgan fingerprint density at radius 1 is 1.10 bits per heavy atom. The van der Waals surface area contributed by atoms with Gasteiger partial charge in [-0.15, -0.1) is 11.3 Å². The van der Waals surface area contributed by atoms with Crippen molar-refractivity contribution in [3.63, 3.8) is 0 Å². The molecule has 1 amide bonds. The van der Waals surface area contributed by atoms with Crippen molar-refractivity contribution < 1.29 is 9.18 Å². The number of para-hydroxylation sites is 1. The summed E-state index contributed by atoms with van der Waals surface area (Å²) in [5.41, 5.74) is 1.30. The van der Waals surface area contributed by atoms with Crippen molar-refractivity contribution in [3.8, 4) is 0 Å². The number of benzene rings is 2. The minimum Gasteiger partial charge on any atom is -0.344 e. The number of amides is 1. The van der Waals surface area contributed by atoms with Crippen molar-refractivity contribution in [2.45, 2.75) is 25.3 Å². The predicted molar refractivity (Wildman–Crippen MR) is 116 cm³/mol. The summed E-state index contributed by atoms with van der Waals surface area (Å²) in [5.74, 6) is 0.146. The summed E-state index contributed by atoms with van der Waals surface area (Å²) < 4.78 is 13.3. The number of hydrogen-bond donors (Lipinski definition) is 2. The van der Waals surface area contributed by atoms with Crippen molar-refractivity contribution in [1.82, 2.24) is 15.3 Å². The van der Waals surface area contributed by atoms with Gasteiger partial charge in [0.15, 0.2) is 0 Å². The molecule has 0 unspecified atom stereocenters. The van der Waals surface area contributed by atoms with E-state index in [2.05, 4.69) is 15.3 Å². The van der Waals surface area contributed by atoms with Gasteiger partial charge in [0, 0.05) is 17.7 Å². The monoisotopic (exact) mass is 421 g/mol. The van der Waals surface area contributed by atoms with Crippen LogP contribution in [0.1, 0.15) is 35.1 Å². The number of hydrogen-bond acceptors (Lipinski definition) is 4. The molecule has 2 heterocycles. The smallest absolute Gasteiger partial charge is 0.258 e. The highest BCUT2D eigenvalue weighted by Crippen LogP contribution is 2.26. The Kier molecular flexibility index (Phi) is 5.99.